The minimum atomic E-state index is -1.50. The van der Waals surface area contributed by atoms with Crippen LogP contribution in [0.5, 0.6) is 0 Å². The molecule has 4 nitrogen and oxygen atoms in total. The van der Waals surface area contributed by atoms with Gasteiger partial charge < -0.3 is 9.35 Å². The van der Waals surface area contributed by atoms with E-state index >= 15 is 0 Å². The first-order chi connectivity index (χ1) is 15.2. The molecule has 0 aliphatic rings. The summed E-state index contributed by atoms with van der Waals surface area (Å²) in [5.74, 6) is 0. The Kier molecular flexibility index (Phi) is 10.4. The Bertz CT molecular complexity index is 753. The molecule has 0 heterocycles. The van der Waals surface area contributed by atoms with E-state index in [1.54, 1.807) is 0 Å². The van der Waals surface area contributed by atoms with Crippen molar-refractivity contribution in [2.45, 2.75) is 78.1 Å². The zero-order valence-corrected chi connectivity index (χ0v) is 23.0. The van der Waals surface area contributed by atoms with Gasteiger partial charge in [-0.3, -0.25) is 0 Å². The van der Waals surface area contributed by atoms with Crippen molar-refractivity contribution >= 4 is 28.9 Å². The fourth-order valence-electron chi connectivity index (χ4n) is 3.20. The Morgan fingerprint density at radius 1 is 0.594 bits per heavy atom. The summed E-state index contributed by atoms with van der Waals surface area (Å²) in [6.07, 6.45) is 8.55. The van der Waals surface area contributed by atoms with Gasteiger partial charge in [-0.25, -0.2) is 0 Å². The Hall–Kier alpha value is -2.19. The molecule has 0 aromatic heterocycles. The number of hydrogen-bond acceptors (Lipinski definition) is 4. The smallest absolute Gasteiger partial charge is 0.169 e. The van der Waals surface area contributed by atoms with E-state index in [4.69, 9.17) is 10.2 Å². The Labute approximate surface area is 198 Å². The van der Waals surface area contributed by atoms with Crippen LogP contribution in [0.15, 0.2) is 70.9 Å². The molecule has 174 valence electrons. The molecule has 2 rings (SSSR count). The van der Waals surface area contributed by atoms with Crippen LogP contribution < -0.4 is 0 Å². The average Bonchev–Trinajstić information content (AvgIpc) is 2.74. The maximum Gasteiger partial charge on any atom is 0.169 e. The second-order valence-corrected chi connectivity index (χ2v) is 20.0. The fraction of sp³-hybridized carbons (Fsp3) is 0.462. The molecule has 0 aliphatic carbocycles. The summed E-state index contributed by atoms with van der Waals surface area (Å²) < 4.78 is 4.64. The highest BCUT2D eigenvalue weighted by Crippen LogP contribution is 2.16. The third kappa shape index (κ3) is 9.96. The molecule has 0 N–H and O–H groups in total. The summed E-state index contributed by atoms with van der Waals surface area (Å²) >= 11 is 0. The predicted octanol–water partition coefficient (Wildman–Crippen LogP) is 7.19. The topological polar surface area (TPSA) is 31.2 Å². The minimum Gasteiger partial charge on any atom is -0.321 e. The molecule has 2 aromatic carbocycles. The Morgan fingerprint density at radius 3 is 1.25 bits per heavy atom. The molecule has 32 heavy (non-hydrogen) atoms. The van der Waals surface area contributed by atoms with Gasteiger partial charge in [0, 0.05) is 12.4 Å². The van der Waals surface area contributed by atoms with Crippen molar-refractivity contribution < 1.29 is 0 Å². The van der Waals surface area contributed by atoms with Gasteiger partial charge in [0.1, 0.15) is 0 Å². The van der Waals surface area contributed by atoms with Crippen LogP contribution in [-0.2, 0) is 13.1 Å². The van der Waals surface area contributed by atoms with Crippen molar-refractivity contribution in [3.8, 4) is 0 Å². The van der Waals surface area contributed by atoms with Gasteiger partial charge in [0.05, 0.1) is 13.1 Å². The lowest BCUT2D eigenvalue weighted by molar-refractivity contribution is 0.443. The quantitative estimate of drug-likeness (QED) is 0.135. The molecule has 0 spiro atoms. The van der Waals surface area contributed by atoms with E-state index in [-0.39, 0.29) is 0 Å². The zero-order chi connectivity index (χ0) is 23.5. The van der Waals surface area contributed by atoms with Crippen LogP contribution in [0.3, 0.4) is 0 Å². The van der Waals surface area contributed by atoms with E-state index in [1.165, 1.54) is 11.1 Å². The molecule has 0 amide bonds. The zero-order valence-electron chi connectivity index (χ0n) is 21.0. The third-order valence-electron chi connectivity index (χ3n) is 5.26. The van der Waals surface area contributed by atoms with Crippen molar-refractivity contribution in [3.63, 3.8) is 0 Å². The van der Waals surface area contributed by atoms with Crippen molar-refractivity contribution in [3.05, 3.63) is 71.8 Å². The van der Waals surface area contributed by atoms with Gasteiger partial charge in [0.2, 0.25) is 0 Å². The van der Waals surface area contributed by atoms with E-state index in [1.807, 2.05) is 0 Å². The third-order valence-corrected chi connectivity index (χ3v) is 8.90. The van der Waals surface area contributed by atoms with E-state index in [9.17, 15) is 0 Å². The highest BCUT2D eigenvalue weighted by molar-refractivity contribution is 6.73. The lowest BCUT2D eigenvalue weighted by Gasteiger charge is -2.31. The van der Waals surface area contributed by atoms with E-state index in [0.29, 0.717) is 0 Å². The molecule has 0 radical (unpaired) electrons. The minimum absolute atomic E-state index is 0.896. The summed E-state index contributed by atoms with van der Waals surface area (Å²) in [7, 11) is -3.00. The number of benzene rings is 2. The molecule has 0 saturated heterocycles. The second-order valence-electron chi connectivity index (χ2n) is 10.3. The lowest BCUT2D eigenvalue weighted by Crippen LogP contribution is -2.41. The average molecular weight is 467 g/mol. The normalized spacial score (nSPS) is 12.6. The highest BCUT2D eigenvalue weighted by atomic mass is 28.3. The molecule has 0 saturated carbocycles. The largest absolute Gasteiger partial charge is 0.321 e. The van der Waals surface area contributed by atoms with E-state index in [2.05, 4.69) is 122 Å². The van der Waals surface area contributed by atoms with E-state index in [0.717, 1.165) is 38.8 Å². The molecular weight excluding hydrogens is 424 g/mol. The number of nitrogens with zero attached hydrogens (tertiary/aromatic N) is 4. The van der Waals surface area contributed by atoms with Gasteiger partial charge in [-0.1, -0.05) is 99.9 Å². The predicted molar refractivity (Wildman–Crippen MR) is 146 cm³/mol. The van der Waals surface area contributed by atoms with Crippen molar-refractivity contribution in [1.82, 2.24) is 9.35 Å². The maximum atomic E-state index is 4.85. The van der Waals surface area contributed by atoms with Gasteiger partial charge in [0.25, 0.3) is 0 Å². The second kappa shape index (κ2) is 12.7. The van der Waals surface area contributed by atoms with Crippen LogP contribution in [-0.4, -0.2) is 38.2 Å². The maximum absolute atomic E-state index is 4.85. The molecular formula is C26H42N4Si2. The fourth-order valence-corrected chi connectivity index (χ4v) is 5.37. The van der Waals surface area contributed by atoms with Crippen molar-refractivity contribution in [2.75, 3.05) is 0 Å². The van der Waals surface area contributed by atoms with E-state index < -0.39 is 16.5 Å². The summed E-state index contributed by atoms with van der Waals surface area (Å²) in [5.41, 5.74) is 2.65. The van der Waals surface area contributed by atoms with Crippen LogP contribution in [0.4, 0.5) is 0 Å². The SMILES string of the molecule is C[Si](C)(C)N(Cc1ccccc1)/N=C/CCCC/C=N/N(Cc1ccccc1)[Si](C)(C)C. The van der Waals surface area contributed by atoms with Gasteiger partial charge in [-0.2, -0.15) is 10.2 Å². The number of unbranched alkanes of at least 4 members (excludes halogenated alkanes) is 3. The van der Waals surface area contributed by atoms with Crippen molar-refractivity contribution in [1.29, 1.82) is 0 Å². The summed E-state index contributed by atoms with van der Waals surface area (Å²) in [6, 6.07) is 21.3. The van der Waals surface area contributed by atoms with Crippen LogP contribution in [0, 0.1) is 0 Å². The van der Waals surface area contributed by atoms with Crippen LogP contribution in [0.1, 0.15) is 36.8 Å². The van der Waals surface area contributed by atoms with Crippen molar-refractivity contribution in [2.24, 2.45) is 10.2 Å². The van der Waals surface area contributed by atoms with Crippen LogP contribution in [0.25, 0.3) is 0 Å². The first-order valence-corrected chi connectivity index (χ1v) is 18.7. The first-order valence-electron chi connectivity index (χ1n) is 11.8. The summed E-state index contributed by atoms with van der Waals surface area (Å²) in [4.78, 5) is 0. The molecule has 6 heteroatoms. The van der Waals surface area contributed by atoms with Gasteiger partial charge in [-0.15, -0.1) is 0 Å². The molecule has 0 atom stereocenters. The lowest BCUT2D eigenvalue weighted by atomic mass is 10.2. The molecule has 0 unspecified atom stereocenters. The molecule has 0 bridgehead atoms. The Balaban J connectivity index is 1.77. The van der Waals surface area contributed by atoms with Gasteiger partial charge >= 0.3 is 0 Å². The van der Waals surface area contributed by atoms with Crippen LogP contribution in [0.2, 0.25) is 39.3 Å². The van der Waals surface area contributed by atoms with Gasteiger partial charge in [-0.05, 0) is 36.8 Å². The monoisotopic (exact) mass is 466 g/mol. The van der Waals surface area contributed by atoms with Crippen LogP contribution >= 0.6 is 0 Å². The number of hydrazone groups is 2. The Morgan fingerprint density at radius 2 is 0.938 bits per heavy atom. The highest BCUT2D eigenvalue weighted by Gasteiger charge is 2.23. The molecule has 2 aromatic rings. The summed E-state index contributed by atoms with van der Waals surface area (Å²) in [6.45, 7) is 15.9. The standard InChI is InChI=1S/C26H42N4Si2/c1-31(2,3)29(23-25-17-11-9-12-18-25)27-21-15-7-8-16-22-28-30(32(4,5)6)24-26-19-13-10-14-20-26/h9-14,17-22H,7-8,15-16,23-24H2,1-6H3/b27-21+,28-22+. The summed E-state index contributed by atoms with van der Waals surface area (Å²) in [5, 5.41) is 9.70. The van der Waals surface area contributed by atoms with Gasteiger partial charge in [0.15, 0.2) is 16.5 Å². The molecule has 0 aliphatic heterocycles. The number of rotatable bonds is 13. The number of hydrogen-bond donors (Lipinski definition) is 0. The molecule has 0 fully saturated rings. The first kappa shape index (κ1) is 26.1.